The summed E-state index contributed by atoms with van der Waals surface area (Å²) >= 11 is 0. The molecular weight excluding hydrogens is 792 g/mol. The predicted octanol–water partition coefficient (Wildman–Crippen LogP) is -2.50. The number of hydrogen-bond donors (Lipinski definition) is 12. The van der Waals surface area contributed by atoms with Crippen LogP contribution in [0.3, 0.4) is 0 Å². The van der Waals surface area contributed by atoms with E-state index in [0.717, 1.165) is 12.8 Å². The van der Waals surface area contributed by atoms with Crippen molar-refractivity contribution in [2.75, 3.05) is 65.8 Å². The van der Waals surface area contributed by atoms with E-state index in [2.05, 4.69) is 31.9 Å². The molecule has 0 aliphatic rings. The summed E-state index contributed by atoms with van der Waals surface area (Å²) in [7, 11) is 0. The van der Waals surface area contributed by atoms with Crippen molar-refractivity contribution in [2.45, 2.75) is 127 Å². The summed E-state index contributed by atoms with van der Waals surface area (Å²) in [5, 5.41) is 52.0. The van der Waals surface area contributed by atoms with Gasteiger partial charge in [-0.05, 0) is 64.2 Å². The number of hydrogen-bond acceptors (Lipinski definition) is 14. The lowest BCUT2D eigenvalue weighted by atomic mass is 10.1. The molecule has 0 aliphatic heterocycles. The van der Waals surface area contributed by atoms with Crippen LogP contribution in [-0.4, -0.2) is 158 Å². The molecule has 0 saturated heterocycles. The quantitative estimate of drug-likeness (QED) is 0.0284. The van der Waals surface area contributed by atoms with E-state index >= 15 is 0 Å². The molecule has 22 heteroatoms. The first-order valence-electron chi connectivity index (χ1n) is 20.7. The monoisotopic (exact) mass is 863 g/mol. The largest absolute Gasteiger partial charge is 0.481 e. The van der Waals surface area contributed by atoms with Gasteiger partial charge in [0.05, 0.1) is 25.3 Å². The Morgan fingerprint density at radius 2 is 0.767 bits per heavy atom. The molecule has 0 bridgehead atoms. The van der Waals surface area contributed by atoms with Crippen LogP contribution in [-0.2, 0) is 47.8 Å². The van der Waals surface area contributed by atoms with Crippen molar-refractivity contribution in [2.24, 2.45) is 11.5 Å². The smallest absolute Gasteiger partial charge is 0.303 e. The summed E-state index contributed by atoms with van der Waals surface area (Å²) in [6.07, 6.45) is 5.95. The lowest BCUT2D eigenvalue weighted by molar-refractivity contribution is -0.138. The molecule has 0 spiro atoms. The van der Waals surface area contributed by atoms with Crippen molar-refractivity contribution in [3.8, 4) is 0 Å². The van der Waals surface area contributed by atoms with Gasteiger partial charge in [0.2, 0.25) is 35.4 Å². The van der Waals surface area contributed by atoms with Gasteiger partial charge in [-0.1, -0.05) is 12.8 Å². The Balaban J connectivity index is 3.82. The van der Waals surface area contributed by atoms with E-state index in [4.69, 9.17) is 31.2 Å². The van der Waals surface area contributed by atoms with Crippen molar-refractivity contribution in [1.82, 2.24) is 31.9 Å². The van der Waals surface area contributed by atoms with Crippen LogP contribution in [0.4, 0.5) is 0 Å². The van der Waals surface area contributed by atoms with Crippen molar-refractivity contribution < 1.29 is 68.3 Å². The molecule has 0 aliphatic carbocycles. The third-order valence-electron chi connectivity index (χ3n) is 8.80. The van der Waals surface area contributed by atoms with Crippen molar-refractivity contribution in [3.63, 3.8) is 0 Å². The molecule has 14 N–H and O–H groups in total. The molecule has 0 aromatic carbocycles. The van der Waals surface area contributed by atoms with Gasteiger partial charge >= 0.3 is 11.9 Å². The number of unbranched alkanes of at least 4 members (excludes halogenated alkanes) is 5. The number of aliphatic hydroxyl groups excluding tert-OH is 2. The minimum absolute atomic E-state index is 0.0436. The van der Waals surface area contributed by atoms with E-state index < -0.39 is 72.9 Å². The highest BCUT2D eigenvalue weighted by atomic mass is 16.5. The van der Waals surface area contributed by atoms with E-state index in [9.17, 15) is 48.6 Å². The van der Waals surface area contributed by atoms with Crippen LogP contribution < -0.4 is 43.4 Å². The number of carboxylic acid groups (broad SMARTS) is 2. The summed E-state index contributed by atoms with van der Waals surface area (Å²) in [4.78, 5) is 94.0. The number of carboxylic acids is 2. The number of ether oxygens (including phenoxy) is 2. The minimum Gasteiger partial charge on any atom is -0.481 e. The fraction of sp³-hybridized carbons (Fsp3) is 0.789. The minimum atomic E-state index is -1.08. The molecule has 0 aromatic heterocycles. The first-order chi connectivity index (χ1) is 28.7. The maximum Gasteiger partial charge on any atom is 0.303 e. The van der Waals surface area contributed by atoms with Gasteiger partial charge < -0.3 is 73.3 Å². The molecule has 6 amide bonds. The first kappa shape index (κ1) is 55.5. The molecular formula is C38H70N8O14. The molecule has 0 aromatic rings. The van der Waals surface area contributed by atoms with Crippen molar-refractivity contribution in [3.05, 3.63) is 0 Å². The molecule has 0 heterocycles. The van der Waals surface area contributed by atoms with Gasteiger partial charge in [-0.3, -0.25) is 38.4 Å². The molecule has 0 radical (unpaired) electrons. The number of nitrogens with one attached hydrogen (secondary N) is 6. The fourth-order valence-electron chi connectivity index (χ4n) is 5.23. The lowest BCUT2D eigenvalue weighted by Crippen LogP contribution is -2.49. The summed E-state index contributed by atoms with van der Waals surface area (Å²) in [5.74, 6) is -4.70. The summed E-state index contributed by atoms with van der Waals surface area (Å²) < 4.78 is 11.1. The van der Waals surface area contributed by atoms with Gasteiger partial charge in [-0.2, -0.15) is 0 Å². The number of rotatable bonds is 39. The Labute approximate surface area is 351 Å². The molecule has 60 heavy (non-hydrogen) atoms. The number of nitrogens with two attached hydrogens (primary N) is 2. The summed E-state index contributed by atoms with van der Waals surface area (Å²) in [6.45, 7) is 1.93. The van der Waals surface area contributed by atoms with E-state index in [1.807, 2.05) is 0 Å². The van der Waals surface area contributed by atoms with Crippen LogP contribution in [0.1, 0.15) is 103 Å². The van der Waals surface area contributed by atoms with Gasteiger partial charge in [0, 0.05) is 78.3 Å². The van der Waals surface area contributed by atoms with Gasteiger partial charge in [-0.25, -0.2) is 0 Å². The van der Waals surface area contributed by atoms with Crippen LogP contribution in [0.25, 0.3) is 0 Å². The van der Waals surface area contributed by atoms with E-state index in [-0.39, 0.29) is 50.3 Å². The van der Waals surface area contributed by atoms with E-state index in [1.165, 1.54) is 0 Å². The summed E-state index contributed by atoms with van der Waals surface area (Å²) in [5.41, 5.74) is 11.3. The molecule has 346 valence electrons. The number of carbonyl (C=O) groups excluding carboxylic acids is 6. The number of aliphatic carboxylic acids is 2. The zero-order chi connectivity index (χ0) is 45.0. The Kier molecular flexibility index (Phi) is 33.7. The van der Waals surface area contributed by atoms with Crippen LogP contribution in [0.2, 0.25) is 0 Å². The van der Waals surface area contributed by atoms with E-state index in [0.29, 0.717) is 104 Å². The maximum absolute atomic E-state index is 12.4. The van der Waals surface area contributed by atoms with Crippen LogP contribution in [0.5, 0.6) is 0 Å². The second-order valence-electron chi connectivity index (χ2n) is 14.1. The fourth-order valence-corrected chi connectivity index (χ4v) is 5.23. The second-order valence-corrected chi connectivity index (χ2v) is 14.1. The van der Waals surface area contributed by atoms with Gasteiger partial charge in [0.1, 0.15) is 12.1 Å². The number of carbonyl (C=O) groups is 8. The number of amides is 6. The average Bonchev–Trinajstić information content (AvgIpc) is 3.21. The lowest BCUT2D eigenvalue weighted by Gasteiger charge is -2.16. The van der Waals surface area contributed by atoms with Crippen LogP contribution >= 0.6 is 0 Å². The Morgan fingerprint density at radius 1 is 0.433 bits per heavy atom. The van der Waals surface area contributed by atoms with Gasteiger partial charge in [-0.15, -0.1) is 0 Å². The Bertz CT molecular complexity index is 1180. The number of aliphatic hydroxyl groups is 2. The third-order valence-corrected chi connectivity index (χ3v) is 8.80. The predicted molar refractivity (Wildman–Crippen MR) is 217 cm³/mol. The van der Waals surface area contributed by atoms with Crippen LogP contribution in [0, 0.1) is 0 Å². The average molecular weight is 863 g/mol. The Hall–Kier alpha value is -4.48. The summed E-state index contributed by atoms with van der Waals surface area (Å²) in [6, 6.07) is -3.95. The SMILES string of the molecule is N[C@@H](CCC(=O)O)C(=O)NCCCCCC(=O)N[C@@H](CO)C(=O)NCCCOCCCCOCCCNC(=O)[C@H](CO)NC(=O)CCCCCNC(=O)[C@@H](N)CCC(=O)O. The standard InChI is InChI=1S/C38H70N8O14/c39-27(13-15-33(51)52)35(55)41-17-5-1-3-11-31(49)45-29(25-47)37(57)43-19-9-23-59-21-7-8-22-60-24-10-20-44-38(58)30(26-48)46-32(50)12-4-2-6-18-42-36(56)28(40)14-16-34(53)54/h27-30,47-48H,1-26,39-40H2,(H,41,55)(H,42,56)(H,43,57)(H,44,58)(H,45,49)(H,46,50)(H,51,52)(H,53,54)/t27-,28-,29-,30-/m0/s1. The maximum atomic E-state index is 12.4. The highest BCUT2D eigenvalue weighted by Crippen LogP contribution is 2.03. The molecule has 0 rings (SSSR count). The van der Waals surface area contributed by atoms with Gasteiger partial charge in [0.15, 0.2) is 0 Å². The second kappa shape index (κ2) is 36.4. The Morgan fingerprint density at radius 3 is 1.12 bits per heavy atom. The van der Waals surface area contributed by atoms with Crippen LogP contribution in [0.15, 0.2) is 0 Å². The third kappa shape index (κ3) is 31.4. The molecule has 0 fully saturated rings. The molecule has 22 nitrogen and oxygen atoms in total. The zero-order valence-corrected chi connectivity index (χ0v) is 34.7. The van der Waals surface area contributed by atoms with Crippen molar-refractivity contribution >= 4 is 47.4 Å². The van der Waals surface area contributed by atoms with E-state index in [1.54, 1.807) is 0 Å². The van der Waals surface area contributed by atoms with Crippen molar-refractivity contribution in [1.29, 1.82) is 0 Å². The van der Waals surface area contributed by atoms with Gasteiger partial charge in [0.25, 0.3) is 0 Å². The molecule has 0 saturated carbocycles. The topological polar surface area (TPSA) is 360 Å². The highest BCUT2D eigenvalue weighted by Gasteiger charge is 2.21. The zero-order valence-electron chi connectivity index (χ0n) is 34.7. The normalized spacial score (nSPS) is 12.9. The first-order valence-corrected chi connectivity index (χ1v) is 20.7. The highest BCUT2D eigenvalue weighted by molar-refractivity contribution is 5.88. The molecule has 0 unspecified atom stereocenters. The molecule has 4 atom stereocenters.